The molecule has 14 nitrogen and oxygen atoms in total. The smallest absolute Gasteiger partial charge is 0.225 e. The molecule has 11 N–H and O–H groups in total. The fourth-order valence-electron chi connectivity index (χ4n) is 11.5. The number of carbonyl (C=O) groups is 6. The van der Waals surface area contributed by atoms with Gasteiger partial charge in [-0.15, -0.1) is 0 Å². The van der Waals surface area contributed by atoms with E-state index in [2.05, 4.69) is 33.5 Å². The van der Waals surface area contributed by atoms with E-state index in [0.717, 1.165) is 70.6 Å². The van der Waals surface area contributed by atoms with E-state index in [1.807, 2.05) is 0 Å². The molecule has 0 bridgehead atoms. The SMILES string of the molecule is CC(=O)C1CCCCC1NC(=O)C1CC(N)CCC1NC(=O)C1CCCCC1NC(=O)C1CC(N)CCC1NC(=O)C1CCCCC1NC(=O)C1CC(N)CCC1C. The Morgan fingerprint density at radius 1 is 0.362 bits per heavy atom. The third-order valence-electron chi connectivity index (χ3n) is 15.2. The summed E-state index contributed by atoms with van der Waals surface area (Å²) in [4.78, 5) is 82.0. The molecule has 0 radical (unpaired) electrons. The molecule has 6 aliphatic rings. The van der Waals surface area contributed by atoms with Crippen molar-refractivity contribution in [2.45, 2.75) is 197 Å². The molecule has 326 valence electrons. The second kappa shape index (κ2) is 20.4. The van der Waals surface area contributed by atoms with Crippen LogP contribution in [-0.2, 0) is 28.8 Å². The molecule has 0 aromatic rings. The number of nitrogens with one attached hydrogen (secondary N) is 5. The molecule has 14 heteroatoms. The van der Waals surface area contributed by atoms with Crippen LogP contribution in [0.2, 0.25) is 0 Å². The molecule has 0 spiro atoms. The highest BCUT2D eigenvalue weighted by Gasteiger charge is 2.43. The highest BCUT2D eigenvalue weighted by Crippen LogP contribution is 2.34. The zero-order chi connectivity index (χ0) is 41.5. The summed E-state index contributed by atoms with van der Waals surface area (Å²) in [5.41, 5.74) is 19.0. The van der Waals surface area contributed by atoms with Gasteiger partial charge in [-0.05, 0) is 109 Å². The van der Waals surface area contributed by atoms with E-state index in [9.17, 15) is 28.8 Å². The minimum atomic E-state index is -0.550. The maximum atomic E-state index is 14.2. The van der Waals surface area contributed by atoms with Gasteiger partial charge in [-0.25, -0.2) is 0 Å². The lowest BCUT2D eigenvalue weighted by Crippen LogP contribution is -2.59. The minimum absolute atomic E-state index is 0.00702. The normalized spacial score (nSPS) is 39.6. The van der Waals surface area contributed by atoms with Crippen molar-refractivity contribution < 1.29 is 28.8 Å². The molecular weight excluding hydrogens is 737 g/mol. The Balaban J connectivity index is 1.07. The van der Waals surface area contributed by atoms with Crippen LogP contribution in [0.25, 0.3) is 0 Å². The van der Waals surface area contributed by atoms with Crippen molar-refractivity contribution in [1.82, 2.24) is 26.6 Å². The number of hydrogen-bond acceptors (Lipinski definition) is 9. The molecule has 0 heterocycles. The lowest BCUT2D eigenvalue weighted by Gasteiger charge is -2.40. The summed E-state index contributed by atoms with van der Waals surface area (Å²) in [6, 6.07) is -1.96. The Morgan fingerprint density at radius 2 is 0.655 bits per heavy atom. The van der Waals surface area contributed by atoms with Gasteiger partial charge in [0, 0.05) is 60.2 Å². The summed E-state index contributed by atoms with van der Waals surface area (Å²) in [5.74, 6) is -2.54. The molecule has 6 fully saturated rings. The largest absolute Gasteiger partial charge is 0.352 e. The Labute approximate surface area is 345 Å². The van der Waals surface area contributed by atoms with Crippen molar-refractivity contribution in [3.63, 3.8) is 0 Å². The van der Waals surface area contributed by atoms with Gasteiger partial charge in [0.1, 0.15) is 5.78 Å². The van der Waals surface area contributed by atoms with Crippen LogP contribution in [-0.4, -0.2) is 83.7 Å². The second-order valence-corrected chi connectivity index (χ2v) is 19.4. The molecule has 58 heavy (non-hydrogen) atoms. The van der Waals surface area contributed by atoms with Crippen molar-refractivity contribution in [3.8, 4) is 0 Å². The van der Waals surface area contributed by atoms with Crippen LogP contribution < -0.4 is 43.8 Å². The minimum Gasteiger partial charge on any atom is -0.352 e. The van der Waals surface area contributed by atoms with Gasteiger partial charge in [0.2, 0.25) is 29.5 Å². The van der Waals surface area contributed by atoms with Crippen molar-refractivity contribution >= 4 is 35.3 Å². The number of amides is 5. The van der Waals surface area contributed by atoms with Gasteiger partial charge < -0.3 is 43.8 Å². The van der Waals surface area contributed by atoms with E-state index in [0.29, 0.717) is 64.2 Å². The molecule has 15 atom stereocenters. The van der Waals surface area contributed by atoms with Crippen LogP contribution in [0.5, 0.6) is 0 Å². The average molecular weight is 811 g/mol. The maximum absolute atomic E-state index is 14.2. The number of ketones is 1. The van der Waals surface area contributed by atoms with Crippen LogP contribution in [0.1, 0.15) is 149 Å². The highest BCUT2D eigenvalue weighted by atomic mass is 16.2. The Kier molecular flexibility index (Phi) is 15.7. The van der Waals surface area contributed by atoms with Crippen molar-refractivity contribution in [2.24, 2.45) is 58.6 Å². The third kappa shape index (κ3) is 11.2. The lowest BCUT2D eigenvalue weighted by molar-refractivity contribution is -0.133. The van der Waals surface area contributed by atoms with E-state index in [-0.39, 0.29) is 95.2 Å². The van der Waals surface area contributed by atoms with Gasteiger partial charge in [-0.3, -0.25) is 28.8 Å². The van der Waals surface area contributed by atoms with Crippen LogP contribution >= 0.6 is 0 Å². The molecule has 6 rings (SSSR count). The molecule has 6 saturated carbocycles. The average Bonchev–Trinajstić information content (AvgIpc) is 3.20. The predicted octanol–water partition coefficient (Wildman–Crippen LogP) is 2.59. The zero-order valence-electron chi connectivity index (χ0n) is 35.2. The summed E-state index contributed by atoms with van der Waals surface area (Å²) in [6.07, 6.45) is 15.7. The van der Waals surface area contributed by atoms with Crippen LogP contribution in [0.3, 0.4) is 0 Å². The molecule has 6 aliphatic carbocycles. The van der Waals surface area contributed by atoms with Crippen LogP contribution in [0, 0.1) is 41.4 Å². The van der Waals surface area contributed by atoms with E-state index in [1.165, 1.54) is 0 Å². The van der Waals surface area contributed by atoms with Crippen LogP contribution in [0.15, 0.2) is 0 Å². The summed E-state index contributed by atoms with van der Waals surface area (Å²) in [6.45, 7) is 3.70. The van der Waals surface area contributed by atoms with Gasteiger partial charge in [-0.2, -0.15) is 0 Å². The summed E-state index contributed by atoms with van der Waals surface area (Å²) >= 11 is 0. The van der Waals surface area contributed by atoms with Gasteiger partial charge in [-0.1, -0.05) is 45.4 Å². The molecule has 0 saturated heterocycles. The fraction of sp³-hybridized carbons (Fsp3) is 0.864. The predicted molar refractivity (Wildman–Crippen MR) is 221 cm³/mol. The number of Topliss-reactive ketones (excluding diaryl/α,β-unsaturated/α-hetero) is 1. The molecule has 5 amide bonds. The summed E-state index contributed by atoms with van der Waals surface area (Å²) in [5, 5.41) is 16.1. The van der Waals surface area contributed by atoms with Crippen molar-refractivity contribution in [2.75, 3.05) is 0 Å². The number of hydrogen-bond donors (Lipinski definition) is 8. The molecule has 15 unspecified atom stereocenters. The standard InChI is InChI=1S/C44H74N8O6/c1-24-15-16-26(45)21-32(24)42(56)49-36-13-7-4-10-30(36)40(54)52-39-20-18-28(47)23-34(39)44(58)50-37-14-8-5-11-31(37)41(55)51-38-19-17-27(46)22-33(38)43(57)48-35-12-6-3-9-29(35)25(2)53/h24,26-39H,3-23,45-47H2,1-2H3,(H,48,57)(H,49,56)(H,50,58)(H,51,55)(H,52,54). The first-order chi connectivity index (χ1) is 27.8. The van der Waals surface area contributed by atoms with Gasteiger partial charge in [0.15, 0.2) is 0 Å². The zero-order valence-corrected chi connectivity index (χ0v) is 35.2. The Morgan fingerprint density at radius 3 is 1.07 bits per heavy atom. The molecular formula is C44H74N8O6. The van der Waals surface area contributed by atoms with Gasteiger partial charge in [0.05, 0.1) is 23.7 Å². The Bertz CT molecular complexity index is 1480. The Hall–Kier alpha value is -3.10. The van der Waals surface area contributed by atoms with Gasteiger partial charge in [0.25, 0.3) is 0 Å². The summed E-state index contributed by atoms with van der Waals surface area (Å²) < 4.78 is 0. The topological polar surface area (TPSA) is 241 Å². The molecule has 0 aromatic carbocycles. The first-order valence-corrected chi connectivity index (χ1v) is 23.1. The summed E-state index contributed by atoms with van der Waals surface area (Å²) in [7, 11) is 0. The highest BCUT2D eigenvalue weighted by molar-refractivity contribution is 5.87. The monoisotopic (exact) mass is 811 g/mol. The van der Waals surface area contributed by atoms with Crippen molar-refractivity contribution in [3.05, 3.63) is 0 Å². The lowest BCUT2D eigenvalue weighted by atomic mass is 9.76. The first kappa shape index (κ1) is 44.5. The van der Waals surface area contributed by atoms with E-state index in [1.54, 1.807) is 6.92 Å². The quantitative estimate of drug-likeness (QED) is 0.153. The second-order valence-electron chi connectivity index (χ2n) is 19.4. The van der Waals surface area contributed by atoms with E-state index >= 15 is 0 Å². The maximum Gasteiger partial charge on any atom is 0.225 e. The van der Waals surface area contributed by atoms with E-state index < -0.39 is 29.8 Å². The number of nitrogens with two attached hydrogens (primary N) is 3. The van der Waals surface area contributed by atoms with Crippen molar-refractivity contribution in [1.29, 1.82) is 0 Å². The number of carbonyl (C=O) groups excluding carboxylic acids is 6. The van der Waals surface area contributed by atoms with Crippen LogP contribution in [0.4, 0.5) is 0 Å². The fourth-order valence-corrected chi connectivity index (χ4v) is 11.5. The third-order valence-corrected chi connectivity index (χ3v) is 15.2. The number of rotatable bonds is 11. The molecule has 0 aromatic heterocycles. The van der Waals surface area contributed by atoms with E-state index in [4.69, 9.17) is 17.2 Å². The first-order valence-electron chi connectivity index (χ1n) is 23.1. The van der Waals surface area contributed by atoms with Gasteiger partial charge >= 0.3 is 0 Å². The molecule has 0 aliphatic heterocycles.